The van der Waals surface area contributed by atoms with Crippen LogP contribution in [-0.2, 0) is 10.0 Å². The molecule has 1 N–H and O–H groups in total. The Balaban J connectivity index is 2.01. The standard InChI is InChI=1S/C18H22N2O2S2/c1-13-6-8-16(9-7-13)24(21,22)20-10-4-3-5-17(20)15-11-14(2)18(23)19-12-15/h6-9,11-12,17H,3-5,10H2,1-2H3,(H,19,23)/t17-/m1/s1. The van der Waals surface area contributed by atoms with Crippen LogP contribution in [0.1, 0.15) is 42.0 Å². The molecule has 6 heteroatoms. The molecule has 24 heavy (non-hydrogen) atoms. The number of H-pyrrole nitrogens is 1. The number of aromatic nitrogens is 1. The van der Waals surface area contributed by atoms with Crippen molar-refractivity contribution in [3.05, 3.63) is 57.9 Å². The maximum absolute atomic E-state index is 13.1. The summed E-state index contributed by atoms with van der Waals surface area (Å²) < 4.78 is 28.6. The highest BCUT2D eigenvalue weighted by Crippen LogP contribution is 2.35. The van der Waals surface area contributed by atoms with Gasteiger partial charge in [-0.2, -0.15) is 4.31 Å². The highest BCUT2D eigenvalue weighted by molar-refractivity contribution is 7.89. The first-order chi connectivity index (χ1) is 11.4. The molecule has 0 saturated carbocycles. The summed E-state index contributed by atoms with van der Waals surface area (Å²) in [6.07, 6.45) is 4.60. The average Bonchev–Trinajstić information content (AvgIpc) is 2.58. The molecule has 3 rings (SSSR count). The van der Waals surface area contributed by atoms with Gasteiger partial charge in [0, 0.05) is 12.7 Å². The van der Waals surface area contributed by atoms with Gasteiger partial charge in [-0.3, -0.25) is 0 Å². The summed E-state index contributed by atoms with van der Waals surface area (Å²) in [5, 5.41) is 0. The third-order valence-corrected chi connectivity index (χ3v) is 6.94. The Morgan fingerprint density at radius 3 is 2.54 bits per heavy atom. The Labute approximate surface area is 148 Å². The first-order valence-electron chi connectivity index (χ1n) is 8.17. The molecule has 1 aromatic carbocycles. The maximum atomic E-state index is 13.1. The lowest BCUT2D eigenvalue weighted by molar-refractivity contribution is 0.255. The lowest BCUT2D eigenvalue weighted by atomic mass is 9.98. The molecule has 128 valence electrons. The first kappa shape index (κ1) is 17.3. The molecule has 0 radical (unpaired) electrons. The fourth-order valence-corrected chi connectivity index (χ4v) is 4.98. The largest absolute Gasteiger partial charge is 0.352 e. The molecule has 0 bridgehead atoms. The van der Waals surface area contributed by atoms with Gasteiger partial charge in [0.1, 0.15) is 4.64 Å². The van der Waals surface area contributed by atoms with E-state index in [9.17, 15) is 8.42 Å². The van der Waals surface area contributed by atoms with E-state index in [1.807, 2.05) is 38.2 Å². The Hall–Kier alpha value is -1.50. The van der Waals surface area contributed by atoms with Crippen LogP contribution in [0.15, 0.2) is 41.4 Å². The van der Waals surface area contributed by atoms with Crippen LogP contribution in [-0.4, -0.2) is 24.3 Å². The van der Waals surface area contributed by atoms with Gasteiger partial charge in [-0.15, -0.1) is 0 Å². The number of hydrogen-bond donors (Lipinski definition) is 1. The van der Waals surface area contributed by atoms with Crippen molar-refractivity contribution in [1.29, 1.82) is 0 Å². The number of aryl methyl sites for hydroxylation is 2. The first-order valence-corrected chi connectivity index (χ1v) is 10.0. The normalized spacial score (nSPS) is 19.3. The molecule has 1 atom stereocenters. The second-order valence-electron chi connectivity index (χ2n) is 6.39. The van der Waals surface area contributed by atoms with Crippen molar-refractivity contribution in [2.45, 2.75) is 44.0 Å². The van der Waals surface area contributed by atoms with Crippen LogP contribution in [0.4, 0.5) is 0 Å². The summed E-state index contributed by atoms with van der Waals surface area (Å²) in [6, 6.07) is 8.94. The van der Waals surface area contributed by atoms with Crippen molar-refractivity contribution < 1.29 is 8.42 Å². The molecule has 1 aliphatic heterocycles. The van der Waals surface area contributed by atoms with Crippen molar-refractivity contribution in [2.24, 2.45) is 0 Å². The van der Waals surface area contributed by atoms with E-state index in [-0.39, 0.29) is 6.04 Å². The molecular weight excluding hydrogens is 340 g/mol. The van der Waals surface area contributed by atoms with E-state index in [4.69, 9.17) is 12.2 Å². The van der Waals surface area contributed by atoms with Crippen LogP contribution in [0.5, 0.6) is 0 Å². The molecule has 0 spiro atoms. The topological polar surface area (TPSA) is 53.2 Å². The van der Waals surface area contributed by atoms with Crippen molar-refractivity contribution in [2.75, 3.05) is 6.54 Å². The number of nitrogens with zero attached hydrogens (tertiary/aromatic N) is 1. The Bertz CT molecular complexity index is 886. The number of benzene rings is 1. The molecule has 1 fully saturated rings. The van der Waals surface area contributed by atoms with Gasteiger partial charge in [0.2, 0.25) is 10.0 Å². The third kappa shape index (κ3) is 3.31. The SMILES string of the molecule is Cc1ccc(S(=O)(=O)N2CCCC[C@@H]2c2c[nH]c(=S)c(C)c2)cc1. The zero-order chi connectivity index (χ0) is 17.3. The minimum atomic E-state index is -3.51. The van der Waals surface area contributed by atoms with Crippen LogP contribution < -0.4 is 0 Å². The molecule has 4 nitrogen and oxygen atoms in total. The lowest BCUT2D eigenvalue weighted by Gasteiger charge is -2.35. The summed E-state index contributed by atoms with van der Waals surface area (Å²) in [6.45, 7) is 4.45. The molecule has 1 saturated heterocycles. The fraction of sp³-hybridized carbons (Fsp3) is 0.389. The predicted octanol–water partition coefficient (Wildman–Crippen LogP) is 4.28. The van der Waals surface area contributed by atoms with Gasteiger partial charge in [0.15, 0.2) is 0 Å². The van der Waals surface area contributed by atoms with Crippen LogP contribution in [0, 0.1) is 18.5 Å². The van der Waals surface area contributed by atoms with Gasteiger partial charge < -0.3 is 4.98 Å². The number of nitrogens with one attached hydrogen (secondary N) is 1. The molecule has 1 aliphatic rings. The summed E-state index contributed by atoms with van der Waals surface area (Å²) in [7, 11) is -3.51. The maximum Gasteiger partial charge on any atom is 0.243 e. The quantitative estimate of drug-likeness (QED) is 0.829. The van der Waals surface area contributed by atoms with Crippen molar-refractivity contribution >= 4 is 22.2 Å². The van der Waals surface area contributed by atoms with Crippen LogP contribution in [0.3, 0.4) is 0 Å². The molecule has 1 aromatic heterocycles. The van der Waals surface area contributed by atoms with Crippen LogP contribution >= 0.6 is 12.2 Å². The molecule has 0 unspecified atom stereocenters. The number of aromatic amines is 1. The van der Waals surface area contributed by atoms with Gasteiger partial charge in [0.05, 0.1) is 10.9 Å². The van der Waals surface area contributed by atoms with Crippen LogP contribution in [0.25, 0.3) is 0 Å². The number of rotatable bonds is 3. The predicted molar refractivity (Wildman–Crippen MR) is 98.0 cm³/mol. The van der Waals surface area contributed by atoms with E-state index >= 15 is 0 Å². The van der Waals surface area contributed by atoms with Gasteiger partial charge in [-0.05, 0) is 49.9 Å². The molecule has 2 heterocycles. The van der Waals surface area contributed by atoms with E-state index in [0.717, 1.165) is 36.0 Å². The monoisotopic (exact) mass is 362 g/mol. The average molecular weight is 363 g/mol. The van der Waals surface area contributed by atoms with E-state index < -0.39 is 10.0 Å². The highest BCUT2D eigenvalue weighted by atomic mass is 32.2. The number of pyridine rings is 1. The fourth-order valence-electron chi connectivity index (χ4n) is 3.18. The van der Waals surface area contributed by atoms with Crippen molar-refractivity contribution in [1.82, 2.24) is 9.29 Å². The van der Waals surface area contributed by atoms with Gasteiger partial charge in [-0.25, -0.2) is 8.42 Å². The third-order valence-electron chi connectivity index (χ3n) is 4.58. The van der Waals surface area contributed by atoms with E-state index in [0.29, 0.717) is 16.1 Å². The summed E-state index contributed by atoms with van der Waals surface area (Å²) in [5.41, 5.74) is 3.01. The second kappa shape index (κ2) is 6.78. The summed E-state index contributed by atoms with van der Waals surface area (Å²) in [5.74, 6) is 0. The molecule has 2 aromatic rings. The molecule has 0 aliphatic carbocycles. The smallest absolute Gasteiger partial charge is 0.243 e. The Morgan fingerprint density at radius 1 is 1.17 bits per heavy atom. The Morgan fingerprint density at radius 2 is 1.88 bits per heavy atom. The number of sulfonamides is 1. The van der Waals surface area contributed by atoms with Gasteiger partial charge in [0.25, 0.3) is 0 Å². The lowest BCUT2D eigenvalue weighted by Crippen LogP contribution is -2.38. The van der Waals surface area contributed by atoms with Gasteiger partial charge in [-0.1, -0.05) is 42.4 Å². The van der Waals surface area contributed by atoms with Crippen LogP contribution in [0.2, 0.25) is 0 Å². The van der Waals surface area contributed by atoms with E-state index in [2.05, 4.69) is 4.98 Å². The highest BCUT2D eigenvalue weighted by Gasteiger charge is 2.34. The minimum absolute atomic E-state index is 0.143. The molecule has 0 amide bonds. The van der Waals surface area contributed by atoms with E-state index in [1.54, 1.807) is 16.4 Å². The number of hydrogen-bond acceptors (Lipinski definition) is 3. The van der Waals surface area contributed by atoms with Crippen molar-refractivity contribution in [3.63, 3.8) is 0 Å². The summed E-state index contributed by atoms with van der Waals surface area (Å²) >= 11 is 5.22. The van der Waals surface area contributed by atoms with Crippen molar-refractivity contribution in [3.8, 4) is 0 Å². The molecular formula is C18H22N2O2S2. The second-order valence-corrected chi connectivity index (χ2v) is 8.68. The minimum Gasteiger partial charge on any atom is -0.352 e. The van der Waals surface area contributed by atoms with E-state index in [1.165, 1.54) is 0 Å². The zero-order valence-electron chi connectivity index (χ0n) is 14.0. The van der Waals surface area contributed by atoms with Gasteiger partial charge >= 0.3 is 0 Å². The zero-order valence-corrected chi connectivity index (χ0v) is 15.6. The summed E-state index contributed by atoms with van der Waals surface area (Å²) in [4.78, 5) is 3.44. The Kier molecular flexibility index (Phi) is 4.90. The number of piperidine rings is 1.